The van der Waals surface area contributed by atoms with Gasteiger partial charge in [-0.15, -0.1) is 0 Å². The Morgan fingerprint density at radius 3 is 2.65 bits per heavy atom. The van der Waals surface area contributed by atoms with Gasteiger partial charge in [0.2, 0.25) is 0 Å². The van der Waals surface area contributed by atoms with E-state index in [1.807, 2.05) is 37.4 Å². The van der Waals surface area contributed by atoms with Crippen LogP contribution in [-0.4, -0.2) is 19.1 Å². The Morgan fingerprint density at radius 2 is 1.88 bits per heavy atom. The summed E-state index contributed by atoms with van der Waals surface area (Å²) in [4.78, 5) is 4.14. The predicted octanol–water partition coefficient (Wildman–Crippen LogP) is 2.88. The van der Waals surface area contributed by atoms with E-state index in [0.717, 1.165) is 22.8 Å². The number of pyridine rings is 1. The van der Waals surface area contributed by atoms with E-state index in [4.69, 9.17) is 4.74 Å². The van der Waals surface area contributed by atoms with E-state index < -0.39 is 0 Å². The largest absolute Gasteiger partial charge is 0.495 e. The van der Waals surface area contributed by atoms with E-state index in [0.29, 0.717) is 0 Å². The van der Waals surface area contributed by atoms with E-state index >= 15 is 0 Å². The Kier molecular flexibility index (Phi) is 3.45. The number of nitrogens with zero attached hydrogens (tertiary/aromatic N) is 1. The molecule has 4 nitrogen and oxygen atoms in total. The zero-order chi connectivity index (χ0) is 12.1. The van der Waals surface area contributed by atoms with Crippen molar-refractivity contribution in [2.75, 3.05) is 24.8 Å². The summed E-state index contributed by atoms with van der Waals surface area (Å²) in [5.41, 5.74) is 2.80. The molecule has 17 heavy (non-hydrogen) atoms. The lowest BCUT2D eigenvalue weighted by Crippen LogP contribution is -1.96. The molecule has 0 aliphatic heterocycles. The van der Waals surface area contributed by atoms with Gasteiger partial charge in [0.1, 0.15) is 5.75 Å². The SMILES string of the molecule is CNc1cncc(Nc2ccccc2OC)c1. The van der Waals surface area contributed by atoms with E-state index in [9.17, 15) is 0 Å². The molecule has 0 spiro atoms. The molecular weight excluding hydrogens is 214 g/mol. The Labute approximate surface area is 101 Å². The minimum atomic E-state index is 0.808. The van der Waals surface area contributed by atoms with Crippen molar-refractivity contribution in [1.82, 2.24) is 4.98 Å². The molecule has 0 aliphatic rings. The molecule has 0 amide bonds. The van der Waals surface area contributed by atoms with Crippen LogP contribution in [0.25, 0.3) is 0 Å². The van der Waals surface area contributed by atoms with Crippen molar-refractivity contribution in [2.45, 2.75) is 0 Å². The molecule has 1 aromatic heterocycles. The molecule has 0 aliphatic carbocycles. The van der Waals surface area contributed by atoms with Gasteiger partial charge in [-0.25, -0.2) is 0 Å². The van der Waals surface area contributed by atoms with Gasteiger partial charge in [0.15, 0.2) is 0 Å². The average molecular weight is 229 g/mol. The highest BCUT2D eigenvalue weighted by molar-refractivity contribution is 5.67. The quantitative estimate of drug-likeness (QED) is 0.846. The first kappa shape index (κ1) is 11.3. The predicted molar refractivity (Wildman–Crippen MR) is 70.1 cm³/mol. The summed E-state index contributed by atoms with van der Waals surface area (Å²) in [6, 6.07) is 9.76. The topological polar surface area (TPSA) is 46.2 Å². The smallest absolute Gasteiger partial charge is 0.142 e. The van der Waals surface area contributed by atoms with Gasteiger partial charge >= 0.3 is 0 Å². The lowest BCUT2D eigenvalue weighted by molar-refractivity contribution is 0.417. The van der Waals surface area contributed by atoms with Crippen LogP contribution in [0.5, 0.6) is 5.75 Å². The molecular formula is C13H15N3O. The lowest BCUT2D eigenvalue weighted by Gasteiger charge is -2.11. The van der Waals surface area contributed by atoms with Crippen LogP contribution in [0.15, 0.2) is 42.7 Å². The van der Waals surface area contributed by atoms with Crippen molar-refractivity contribution in [1.29, 1.82) is 0 Å². The van der Waals surface area contributed by atoms with Gasteiger partial charge in [-0.05, 0) is 18.2 Å². The number of hydrogen-bond acceptors (Lipinski definition) is 4. The Hall–Kier alpha value is -2.23. The monoisotopic (exact) mass is 229 g/mol. The maximum atomic E-state index is 5.28. The van der Waals surface area contributed by atoms with Gasteiger partial charge in [0.05, 0.1) is 36.6 Å². The first-order valence-corrected chi connectivity index (χ1v) is 5.36. The summed E-state index contributed by atoms with van der Waals surface area (Å²) >= 11 is 0. The molecule has 0 unspecified atom stereocenters. The first-order valence-electron chi connectivity index (χ1n) is 5.36. The zero-order valence-corrected chi connectivity index (χ0v) is 9.90. The van der Waals surface area contributed by atoms with Crippen LogP contribution < -0.4 is 15.4 Å². The van der Waals surface area contributed by atoms with Crippen LogP contribution in [0.2, 0.25) is 0 Å². The second-order valence-corrected chi connectivity index (χ2v) is 3.54. The van der Waals surface area contributed by atoms with Gasteiger partial charge in [-0.1, -0.05) is 12.1 Å². The van der Waals surface area contributed by atoms with Crippen LogP contribution in [0.1, 0.15) is 0 Å². The molecule has 2 aromatic rings. The van der Waals surface area contributed by atoms with Crippen LogP contribution in [0.4, 0.5) is 17.1 Å². The highest BCUT2D eigenvalue weighted by Crippen LogP contribution is 2.27. The molecule has 0 fully saturated rings. The van der Waals surface area contributed by atoms with Gasteiger partial charge in [-0.3, -0.25) is 4.98 Å². The van der Waals surface area contributed by atoms with E-state index in [1.165, 1.54) is 0 Å². The fraction of sp³-hybridized carbons (Fsp3) is 0.154. The van der Waals surface area contributed by atoms with Crippen molar-refractivity contribution >= 4 is 17.1 Å². The van der Waals surface area contributed by atoms with Crippen LogP contribution in [0.3, 0.4) is 0 Å². The van der Waals surface area contributed by atoms with E-state index in [-0.39, 0.29) is 0 Å². The van der Waals surface area contributed by atoms with Gasteiger partial charge in [0, 0.05) is 7.05 Å². The third-order valence-corrected chi connectivity index (χ3v) is 2.41. The van der Waals surface area contributed by atoms with Crippen molar-refractivity contribution < 1.29 is 4.74 Å². The average Bonchev–Trinajstić information content (AvgIpc) is 2.39. The van der Waals surface area contributed by atoms with Crippen molar-refractivity contribution in [2.24, 2.45) is 0 Å². The lowest BCUT2D eigenvalue weighted by atomic mass is 10.2. The van der Waals surface area contributed by atoms with Crippen LogP contribution in [0, 0.1) is 0 Å². The number of aromatic nitrogens is 1. The third kappa shape index (κ3) is 2.66. The Bertz CT molecular complexity index is 500. The number of anilines is 3. The second-order valence-electron chi connectivity index (χ2n) is 3.54. The second kappa shape index (κ2) is 5.21. The summed E-state index contributed by atoms with van der Waals surface area (Å²) in [5, 5.41) is 6.32. The highest BCUT2D eigenvalue weighted by Gasteiger charge is 2.02. The molecule has 0 bridgehead atoms. The standard InChI is InChI=1S/C13H15N3O/c1-14-10-7-11(9-15-8-10)16-12-5-3-4-6-13(12)17-2/h3-9,14,16H,1-2H3. The van der Waals surface area contributed by atoms with Gasteiger partial charge in [-0.2, -0.15) is 0 Å². The maximum absolute atomic E-state index is 5.28. The highest BCUT2D eigenvalue weighted by atomic mass is 16.5. The third-order valence-electron chi connectivity index (χ3n) is 2.41. The molecule has 1 heterocycles. The number of hydrogen-bond donors (Lipinski definition) is 2. The number of methoxy groups -OCH3 is 1. The Morgan fingerprint density at radius 1 is 1.12 bits per heavy atom. The number of para-hydroxylation sites is 2. The number of rotatable bonds is 4. The number of nitrogens with one attached hydrogen (secondary N) is 2. The van der Waals surface area contributed by atoms with Crippen molar-refractivity contribution in [3.8, 4) is 5.75 Å². The van der Waals surface area contributed by atoms with Gasteiger partial charge in [0.25, 0.3) is 0 Å². The van der Waals surface area contributed by atoms with E-state index in [2.05, 4.69) is 15.6 Å². The molecule has 0 saturated heterocycles. The molecule has 2 N–H and O–H groups in total. The zero-order valence-electron chi connectivity index (χ0n) is 9.90. The molecule has 0 saturated carbocycles. The molecule has 4 heteroatoms. The molecule has 0 radical (unpaired) electrons. The minimum Gasteiger partial charge on any atom is -0.495 e. The molecule has 0 atom stereocenters. The number of benzene rings is 1. The normalized spacial score (nSPS) is 9.76. The van der Waals surface area contributed by atoms with Crippen molar-refractivity contribution in [3.63, 3.8) is 0 Å². The summed E-state index contributed by atoms with van der Waals surface area (Å²) < 4.78 is 5.28. The van der Waals surface area contributed by atoms with E-state index in [1.54, 1.807) is 19.5 Å². The van der Waals surface area contributed by atoms with Crippen LogP contribution in [-0.2, 0) is 0 Å². The number of ether oxygens (including phenoxy) is 1. The van der Waals surface area contributed by atoms with Crippen molar-refractivity contribution in [3.05, 3.63) is 42.7 Å². The first-order chi connectivity index (χ1) is 8.33. The Balaban J connectivity index is 2.24. The minimum absolute atomic E-state index is 0.808. The van der Waals surface area contributed by atoms with Gasteiger partial charge < -0.3 is 15.4 Å². The maximum Gasteiger partial charge on any atom is 0.142 e. The molecule has 1 aromatic carbocycles. The van der Waals surface area contributed by atoms with Crippen LogP contribution >= 0.6 is 0 Å². The summed E-state index contributed by atoms with van der Waals surface area (Å²) in [5.74, 6) is 0.808. The summed E-state index contributed by atoms with van der Waals surface area (Å²) in [6.07, 6.45) is 3.54. The fourth-order valence-corrected chi connectivity index (χ4v) is 1.55. The fourth-order valence-electron chi connectivity index (χ4n) is 1.55. The molecule has 2 rings (SSSR count). The summed E-state index contributed by atoms with van der Waals surface area (Å²) in [6.45, 7) is 0. The summed E-state index contributed by atoms with van der Waals surface area (Å²) in [7, 11) is 3.52. The molecule has 88 valence electrons.